The number of hydrogen-bond donors (Lipinski definition) is 0. The Bertz CT molecular complexity index is 2880. The van der Waals surface area contributed by atoms with Gasteiger partial charge in [-0.2, -0.15) is 0 Å². The summed E-state index contributed by atoms with van der Waals surface area (Å²) in [6.45, 7) is 0. The first-order valence-electron chi connectivity index (χ1n) is 17.1. The van der Waals surface area contributed by atoms with Crippen molar-refractivity contribution < 1.29 is 0 Å². The van der Waals surface area contributed by atoms with E-state index in [-0.39, 0.29) is 0 Å². The van der Waals surface area contributed by atoms with Gasteiger partial charge in [-0.3, -0.25) is 0 Å². The Morgan fingerprint density at radius 2 is 0.902 bits per heavy atom. The Kier molecular flexibility index (Phi) is 7.00. The Labute approximate surface area is 299 Å². The van der Waals surface area contributed by atoms with E-state index in [4.69, 9.17) is 15.0 Å². The fourth-order valence-electron chi connectivity index (χ4n) is 7.18. The molecule has 0 saturated heterocycles. The second kappa shape index (κ2) is 12.1. The van der Waals surface area contributed by atoms with Crippen molar-refractivity contribution in [2.75, 3.05) is 0 Å². The first-order valence-corrected chi connectivity index (χ1v) is 17.9. The third-order valence-electron chi connectivity index (χ3n) is 9.65. The molecule has 0 aliphatic carbocycles. The zero-order valence-corrected chi connectivity index (χ0v) is 28.3. The predicted molar refractivity (Wildman–Crippen MR) is 215 cm³/mol. The van der Waals surface area contributed by atoms with Gasteiger partial charge in [-0.15, -0.1) is 11.3 Å². The lowest BCUT2D eigenvalue weighted by atomic mass is 9.95. The van der Waals surface area contributed by atoms with Crippen molar-refractivity contribution >= 4 is 54.1 Å². The zero-order chi connectivity index (χ0) is 33.7. The van der Waals surface area contributed by atoms with E-state index in [0.717, 1.165) is 66.5 Å². The third-order valence-corrected chi connectivity index (χ3v) is 10.9. The monoisotopic (exact) mass is 667 g/mol. The van der Waals surface area contributed by atoms with Crippen LogP contribution in [-0.2, 0) is 0 Å². The molecule has 6 aromatic carbocycles. The standard InChI is InChI=1S/C47H29N3S/c1-5-13-30(14-6-1)38-27-24-33-21-22-34-25-28-39(49-44(34)43(33)48-38)36-23-26-37-40(29-36)50-45(32-17-9-3-10-18-32)47-42(37)41(31-15-7-2-8-16-31)46(51-47)35-19-11-4-12-20-35/h1-29H. The van der Waals surface area contributed by atoms with Crippen molar-refractivity contribution in [3.05, 3.63) is 176 Å². The lowest BCUT2D eigenvalue weighted by Gasteiger charge is -2.12. The maximum atomic E-state index is 5.43. The van der Waals surface area contributed by atoms with E-state index in [1.54, 1.807) is 0 Å². The molecule has 4 heterocycles. The van der Waals surface area contributed by atoms with E-state index < -0.39 is 0 Å². The molecule has 0 unspecified atom stereocenters. The first-order chi connectivity index (χ1) is 25.3. The maximum Gasteiger partial charge on any atom is 0.0972 e. The van der Waals surface area contributed by atoms with E-state index in [9.17, 15) is 0 Å². The largest absolute Gasteiger partial charge is 0.246 e. The van der Waals surface area contributed by atoms with Gasteiger partial charge in [-0.1, -0.05) is 158 Å². The van der Waals surface area contributed by atoms with Crippen LogP contribution in [0.1, 0.15) is 0 Å². The molecule has 0 atom stereocenters. The molecule has 3 nitrogen and oxygen atoms in total. The van der Waals surface area contributed by atoms with Gasteiger partial charge >= 0.3 is 0 Å². The molecule has 0 bridgehead atoms. The van der Waals surface area contributed by atoms with E-state index in [1.165, 1.54) is 31.7 Å². The fourth-order valence-corrected chi connectivity index (χ4v) is 8.54. The van der Waals surface area contributed by atoms with Crippen LogP contribution in [0.4, 0.5) is 0 Å². The molecule has 0 amide bonds. The van der Waals surface area contributed by atoms with Crippen molar-refractivity contribution in [1.29, 1.82) is 0 Å². The normalized spacial score (nSPS) is 11.5. The second-order valence-electron chi connectivity index (χ2n) is 12.8. The van der Waals surface area contributed by atoms with Gasteiger partial charge in [0.1, 0.15) is 0 Å². The Morgan fingerprint density at radius 1 is 0.392 bits per heavy atom. The summed E-state index contributed by atoms with van der Waals surface area (Å²) in [7, 11) is 0. The number of aromatic nitrogens is 3. The number of benzene rings is 6. The minimum Gasteiger partial charge on any atom is -0.246 e. The molecule has 0 aliphatic heterocycles. The van der Waals surface area contributed by atoms with Crippen molar-refractivity contribution in [1.82, 2.24) is 15.0 Å². The molecule has 0 spiro atoms. The van der Waals surface area contributed by atoms with Gasteiger partial charge in [-0.25, -0.2) is 15.0 Å². The Hall–Kier alpha value is -6.49. The highest BCUT2D eigenvalue weighted by molar-refractivity contribution is 7.23. The Morgan fingerprint density at radius 3 is 1.51 bits per heavy atom. The second-order valence-corrected chi connectivity index (χ2v) is 13.8. The molecule has 51 heavy (non-hydrogen) atoms. The van der Waals surface area contributed by atoms with Gasteiger partial charge in [0.25, 0.3) is 0 Å². The average molecular weight is 668 g/mol. The lowest BCUT2D eigenvalue weighted by molar-refractivity contribution is 1.36. The average Bonchev–Trinajstić information content (AvgIpc) is 3.62. The molecule has 238 valence electrons. The first kappa shape index (κ1) is 29.4. The highest BCUT2D eigenvalue weighted by Crippen LogP contribution is 2.50. The molecular weight excluding hydrogens is 639 g/mol. The minimum absolute atomic E-state index is 0.894. The van der Waals surface area contributed by atoms with Crippen molar-refractivity contribution in [2.24, 2.45) is 0 Å². The van der Waals surface area contributed by atoms with Gasteiger partial charge in [0.15, 0.2) is 0 Å². The van der Waals surface area contributed by atoms with Crippen LogP contribution in [-0.4, -0.2) is 15.0 Å². The van der Waals surface area contributed by atoms with Crippen LogP contribution in [0.3, 0.4) is 0 Å². The molecule has 0 radical (unpaired) electrons. The van der Waals surface area contributed by atoms with Crippen molar-refractivity contribution in [3.8, 4) is 55.3 Å². The molecule has 0 saturated carbocycles. The number of thiophene rings is 1. The fraction of sp³-hybridized carbons (Fsp3) is 0. The highest BCUT2D eigenvalue weighted by Gasteiger charge is 2.22. The van der Waals surface area contributed by atoms with Crippen LogP contribution in [0.15, 0.2) is 176 Å². The lowest BCUT2D eigenvalue weighted by Crippen LogP contribution is -1.92. The number of pyridine rings is 3. The molecule has 10 rings (SSSR count). The van der Waals surface area contributed by atoms with Crippen LogP contribution >= 0.6 is 11.3 Å². The summed E-state index contributed by atoms with van der Waals surface area (Å²) in [6, 6.07) is 61.8. The molecule has 0 N–H and O–H groups in total. The quantitative estimate of drug-likeness (QED) is 0.171. The molecule has 10 aromatic rings. The van der Waals surface area contributed by atoms with Gasteiger partial charge in [0.05, 0.1) is 38.3 Å². The van der Waals surface area contributed by atoms with Crippen LogP contribution in [0, 0.1) is 0 Å². The summed E-state index contributed by atoms with van der Waals surface area (Å²) in [5.41, 5.74) is 12.4. The molecule has 0 aliphatic rings. The van der Waals surface area contributed by atoms with Crippen LogP contribution in [0.2, 0.25) is 0 Å². The van der Waals surface area contributed by atoms with Gasteiger partial charge < -0.3 is 0 Å². The van der Waals surface area contributed by atoms with Crippen molar-refractivity contribution in [3.63, 3.8) is 0 Å². The van der Waals surface area contributed by atoms with E-state index >= 15 is 0 Å². The van der Waals surface area contributed by atoms with E-state index in [0.29, 0.717) is 0 Å². The number of nitrogens with zero attached hydrogens (tertiary/aromatic N) is 3. The number of hydrogen-bond acceptors (Lipinski definition) is 4. The van der Waals surface area contributed by atoms with E-state index in [2.05, 4.69) is 158 Å². The highest BCUT2D eigenvalue weighted by atomic mass is 32.1. The third kappa shape index (κ3) is 5.08. The topological polar surface area (TPSA) is 38.7 Å². The smallest absolute Gasteiger partial charge is 0.0972 e. The summed E-state index contributed by atoms with van der Waals surface area (Å²) in [5.74, 6) is 0. The molecule has 0 fully saturated rings. The Balaban J connectivity index is 1.22. The summed E-state index contributed by atoms with van der Waals surface area (Å²) in [5, 5.41) is 4.50. The SMILES string of the molecule is c1ccc(-c2ccc3ccc4ccc(-c5ccc6c(c5)nc(-c5ccccc5)c5sc(-c7ccccc7)c(-c7ccccc7)c56)nc4c3n2)cc1. The van der Waals surface area contributed by atoms with Gasteiger partial charge in [0.2, 0.25) is 0 Å². The van der Waals surface area contributed by atoms with E-state index in [1.807, 2.05) is 29.5 Å². The maximum absolute atomic E-state index is 5.43. The zero-order valence-electron chi connectivity index (χ0n) is 27.5. The van der Waals surface area contributed by atoms with Crippen molar-refractivity contribution in [2.45, 2.75) is 0 Å². The van der Waals surface area contributed by atoms with Crippen LogP contribution in [0.5, 0.6) is 0 Å². The van der Waals surface area contributed by atoms with Gasteiger partial charge in [0, 0.05) is 48.7 Å². The molecular formula is C47H29N3S. The molecule has 4 heteroatoms. The summed E-state index contributed by atoms with van der Waals surface area (Å²) in [6.07, 6.45) is 0. The summed E-state index contributed by atoms with van der Waals surface area (Å²) in [4.78, 5) is 17.1. The van der Waals surface area contributed by atoms with Crippen LogP contribution < -0.4 is 0 Å². The van der Waals surface area contributed by atoms with Crippen LogP contribution in [0.25, 0.3) is 98.1 Å². The molecule has 4 aromatic heterocycles. The predicted octanol–water partition coefficient (Wildman–Crippen LogP) is 12.9. The number of fused-ring (bicyclic) bond motifs is 6. The number of rotatable bonds is 5. The summed E-state index contributed by atoms with van der Waals surface area (Å²) >= 11 is 1.83. The summed E-state index contributed by atoms with van der Waals surface area (Å²) < 4.78 is 1.19. The minimum atomic E-state index is 0.894. The van der Waals surface area contributed by atoms with Gasteiger partial charge in [-0.05, 0) is 29.3 Å².